The molecule has 0 amide bonds. The van der Waals surface area contributed by atoms with E-state index in [1.165, 1.54) is 49.4 Å². The molecule has 2 rings (SSSR count). The van der Waals surface area contributed by atoms with Gasteiger partial charge in [0.25, 0.3) is 0 Å². The van der Waals surface area contributed by atoms with Gasteiger partial charge in [-0.3, -0.25) is 4.79 Å². The lowest BCUT2D eigenvalue weighted by Crippen LogP contribution is -3.16. The minimum absolute atomic E-state index is 0. The first kappa shape index (κ1) is 16.1. The van der Waals surface area contributed by atoms with Crippen molar-refractivity contribution in [3.8, 4) is 0 Å². The Labute approximate surface area is 120 Å². The lowest BCUT2D eigenvalue weighted by Gasteiger charge is -2.29. The van der Waals surface area contributed by atoms with E-state index in [4.69, 9.17) is 0 Å². The maximum Gasteiger partial charge on any atom is 0.168 e. The molecular formula is C15H21ClFNO. The number of halogens is 2. The van der Waals surface area contributed by atoms with Crippen LogP contribution in [0, 0.1) is 5.82 Å². The van der Waals surface area contributed by atoms with Gasteiger partial charge in [0.2, 0.25) is 0 Å². The molecule has 0 spiro atoms. The molecule has 0 saturated carbocycles. The number of quaternary nitrogens is 1. The van der Waals surface area contributed by atoms with E-state index >= 15 is 0 Å². The number of carbonyl (C=O) groups excluding carboxylic acids is 1. The standard InChI is InChI=1S/C15H20FNO.ClH/c1-12(17-9-3-2-4-10-17)11-15(18)13-5-7-14(16)8-6-13;/h5-8,12H,2-4,9-11H2,1H3;1H. The Kier molecular flexibility index (Phi) is 6.46. The Morgan fingerprint density at radius 2 is 1.79 bits per heavy atom. The quantitative estimate of drug-likeness (QED) is 0.694. The molecule has 4 heteroatoms. The Morgan fingerprint density at radius 1 is 1.21 bits per heavy atom. The van der Waals surface area contributed by atoms with Gasteiger partial charge in [-0.2, -0.15) is 0 Å². The molecule has 1 N–H and O–H groups in total. The van der Waals surface area contributed by atoms with Crippen LogP contribution in [0.5, 0.6) is 0 Å². The summed E-state index contributed by atoms with van der Waals surface area (Å²) in [7, 11) is 0. The summed E-state index contributed by atoms with van der Waals surface area (Å²) in [5, 5.41) is 0. The van der Waals surface area contributed by atoms with Crippen molar-refractivity contribution in [2.24, 2.45) is 0 Å². The second kappa shape index (κ2) is 7.61. The van der Waals surface area contributed by atoms with Gasteiger partial charge >= 0.3 is 0 Å². The van der Waals surface area contributed by atoms with E-state index in [0.717, 1.165) is 0 Å². The number of nitrogens with one attached hydrogen (secondary N) is 1. The van der Waals surface area contributed by atoms with Gasteiger partial charge in [0.15, 0.2) is 5.78 Å². The maximum atomic E-state index is 12.8. The van der Waals surface area contributed by atoms with Crippen LogP contribution in [0.1, 0.15) is 43.0 Å². The van der Waals surface area contributed by atoms with Crippen molar-refractivity contribution in [3.63, 3.8) is 0 Å². The molecule has 1 aromatic carbocycles. The number of hydrogen-bond donors (Lipinski definition) is 1. The number of hydrogen-bond acceptors (Lipinski definition) is 1. The highest BCUT2D eigenvalue weighted by atomic mass is 35.5. The average molecular weight is 286 g/mol. The normalized spacial score (nSPS) is 17.6. The number of ketones is 1. The summed E-state index contributed by atoms with van der Waals surface area (Å²) in [6, 6.07) is 6.23. The van der Waals surface area contributed by atoms with E-state index < -0.39 is 0 Å². The molecule has 0 aliphatic carbocycles. The SMILES string of the molecule is CC(CC(=O)c1ccc(F)cc1)[NH+]1CCCCC1.[Cl-]. The molecule has 0 radical (unpaired) electrons. The van der Waals surface area contributed by atoms with Gasteiger partial charge in [0.1, 0.15) is 5.82 Å². The lowest BCUT2D eigenvalue weighted by molar-refractivity contribution is -0.927. The van der Waals surface area contributed by atoms with Crippen LogP contribution in [-0.4, -0.2) is 24.9 Å². The molecule has 0 bridgehead atoms. The monoisotopic (exact) mass is 285 g/mol. The molecule has 1 heterocycles. The molecule has 19 heavy (non-hydrogen) atoms. The molecule has 1 saturated heterocycles. The molecular weight excluding hydrogens is 265 g/mol. The van der Waals surface area contributed by atoms with Crippen molar-refractivity contribution in [1.29, 1.82) is 0 Å². The van der Waals surface area contributed by atoms with Crippen molar-refractivity contribution in [3.05, 3.63) is 35.6 Å². The van der Waals surface area contributed by atoms with Crippen molar-refractivity contribution < 1.29 is 26.5 Å². The summed E-state index contributed by atoms with van der Waals surface area (Å²) in [5.74, 6) is -0.165. The summed E-state index contributed by atoms with van der Waals surface area (Å²) >= 11 is 0. The van der Waals surface area contributed by atoms with Gasteiger partial charge in [0, 0.05) is 5.56 Å². The second-order valence-electron chi connectivity index (χ2n) is 5.25. The first-order chi connectivity index (χ1) is 8.66. The Morgan fingerprint density at radius 3 is 2.37 bits per heavy atom. The zero-order valence-electron chi connectivity index (χ0n) is 11.3. The zero-order valence-corrected chi connectivity index (χ0v) is 12.0. The van der Waals surface area contributed by atoms with E-state index in [1.807, 2.05) is 0 Å². The van der Waals surface area contributed by atoms with E-state index in [0.29, 0.717) is 18.0 Å². The summed E-state index contributed by atoms with van der Waals surface area (Å²) in [6.07, 6.45) is 4.41. The van der Waals surface area contributed by atoms with Crippen LogP contribution in [-0.2, 0) is 0 Å². The molecule has 2 nitrogen and oxygen atoms in total. The summed E-state index contributed by atoms with van der Waals surface area (Å²) in [5.41, 5.74) is 0.625. The molecule has 1 atom stereocenters. The van der Waals surface area contributed by atoms with Gasteiger partial charge in [-0.25, -0.2) is 4.39 Å². The van der Waals surface area contributed by atoms with Gasteiger partial charge < -0.3 is 17.3 Å². The highest BCUT2D eigenvalue weighted by Gasteiger charge is 2.23. The third kappa shape index (κ3) is 4.59. The number of rotatable bonds is 4. The topological polar surface area (TPSA) is 21.5 Å². The fraction of sp³-hybridized carbons (Fsp3) is 0.533. The van der Waals surface area contributed by atoms with Gasteiger partial charge in [0.05, 0.1) is 25.6 Å². The molecule has 1 aliphatic rings. The highest BCUT2D eigenvalue weighted by molar-refractivity contribution is 5.96. The van der Waals surface area contributed by atoms with Crippen LogP contribution in [0.3, 0.4) is 0 Å². The fourth-order valence-corrected chi connectivity index (χ4v) is 2.67. The predicted molar refractivity (Wildman–Crippen MR) is 69.4 cm³/mol. The number of carbonyl (C=O) groups is 1. The van der Waals surface area contributed by atoms with E-state index in [2.05, 4.69) is 6.92 Å². The number of Topliss-reactive ketones (excluding diaryl/α,β-unsaturated/α-hetero) is 1. The Hall–Kier alpha value is -0.930. The Balaban J connectivity index is 0.00000180. The highest BCUT2D eigenvalue weighted by Crippen LogP contribution is 2.07. The first-order valence-corrected chi connectivity index (χ1v) is 6.80. The van der Waals surface area contributed by atoms with Crippen molar-refractivity contribution in [2.75, 3.05) is 13.1 Å². The number of likely N-dealkylation sites (tertiary alicyclic amines) is 1. The molecule has 0 aromatic heterocycles. The summed E-state index contributed by atoms with van der Waals surface area (Å²) < 4.78 is 12.8. The predicted octanol–water partition coefficient (Wildman–Crippen LogP) is -1.14. The van der Waals surface area contributed by atoms with Crippen molar-refractivity contribution in [2.45, 2.75) is 38.6 Å². The number of piperidine rings is 1. The average Bonchev–Trinajstić information content (AvgIpc) is 2.40. The minimum Gasteiger partial charge on any atom is -1.00 e. The van der Waals surface area contributed by atoms with Crippen molar-refractivity contribution >= 4 is 5.78 Å². The first-order valence-electron chi connectivity index (χ1n) is 6.80. The van der Waals surface area contributed by atoms with Crippen LogP contribution in [0.15, 0.2) is 24.3 Å². The molecule has 1 unspecified atom stereocenters. The van der Waals surface area contributed by atoms with Gasteiger partial charge in [-0.1, -0.05) is 0 Å². The van der Waals surface area contributed by atoms with Crippen LogP contribution in [0.4, 0.5) is 4.39 Å². The van der Waals surface area contributed by atoms with E-state index in [-0.39, 0.29) is 24.0 Å². The van der Waals surface area contributed by atoms with E-state index in [9.17, 15) is 9.18 Å². The summed E-state index contributed by atoms with van der Waals surface area (Å²) in [6.45, 7) is 4.50. The summed E-state index contributed by atoms with van der Waals surface area (Å²) in [4.78, 5) is 13.6. The van der Waals surface area contributed by atoms with Crippen LogP contribution < -0.4 is 17.3 Å². The van der Waals surface area contributed by atoms with Crippen LogP contribution in [0.2, 0.25) is 0 Å². The van der Waals surface area contributed by atoms with Crippen LogP contribution in [0.25, 0.3) is 0 Å². The van der Waals surface area contributed by atoms with Gasteiger partial charge in [-0.15, -0.1) is 0 Å². The third-order valence-corrected chi connectivity index (χ3v) is 3.85. The van der Waals surface area contributed by atoms with Crippen LogP contribution >= 0.6 is 0 Å². The maximum absolute atomic E-state index is 12.8. The zero-order chi connectivity index (χ0) is 13.0. The lowest BCUT2D eigenvalue weighted by atomic mass is 10.0. The third-order valence-electron chi connectivity index (χ3n) is 3.85. The molecule has 1 aromatic rings. The largest absolute Gasteiger partial charge is 1.00 e. The molecule has 1 fully saturated rings. The van der Waals surface area contributed by atoms with Crippen molar-refractivity contribution in [1.82, 2.24) is 0 Å². The fourth-order valence-electron chi connectivity index (χ4n) is 2.67. The minimum atomic E-state index is -0.291. The molecule has 106 valence electrons. The smallest absolute Gasteiger partial charge is 0.168 e. The van der Waals surface area contributed by atoms with E-state index in [1.54, 1.807) is 12.1 Å². The number of benzene rings is 1. The Bertz CT molecular complexity index is 401. The molecule has 1 aliphatic heterocycles. The van der Waals surface area contributed by atoms with Gasteiger partial charge in [-0.05, 0) is 50.5 Å². The second-order valence-corrected chi connectivity index (χ2v) is 5.25.